The fraction of sp³-hybridized carbons (Fsp3) is 0.600. The maximum Gasteiger partial charge on any atom is 0.182 e. The van der Waals surface area contributed by atoms with E-state index in [2.05, 4.69) is 41.5 Å². The minimum absolute atomic E-state index is 0. The van der Waals surface area contributed by atoms with Gasteiger partial charge in [-0.25, -0.2) is 0 Å². The highest BCUT2D eigenvalue weighted by atomic mass is 16.5. The summed E-state index contributed by atoms with van der Waals surface area (Å²) in [4.78, 5) is 23.9. The highest BCUT2D eigenvalue weighted by Crippen LogP contribution is 2.41. The van der Waals surface area contributed by atoms with Gasteiger partial charge in [0.1, 0.15) is 23.0 Å². The molecule has 1 aliphatic rings. The molecule has 0 saturated carbocycles. The van der Waals surface area contributed by atoms with Gasteiger partial charge in [0, 0.05) is 33.4 Å². The Balaban J connectivity index is 0. The second kappa shape index (κ2) is 16.9. The quantitative estimate of drug-likeness (QED) is 0.201. The Morgan fingerprint density at radius 2 is 0.647 bits per heavy atom. The van der Waals surface area contributed by atoms with Gasteiger partial charge >= 0.3 is 0 Å². The van der Waals surface area contributed by atoms with Crippen LogP contribution in [0.2, 0.25) is 0 Å². The molecule has 290 valence electrons. The summed E-state index contributed by atoms with van der Waals surface area (Å²) in [5, 5.41) is 30.2. The fourth-order valence-electron chi connectivity index (χ4n) is 5.43. The van der Waals surface area contributed by atoms with Crippen LogP contribution in [0.4, 0.5) is 0 Å². The Morgan fingerprint density at radius 1 is 0.412 bits per heavy atom. The molecular formula is C45H74O6. The van der Waals surface area contributed by atoms with Crippen LogP contribution in [-0.2, 0) is 31.2 Å². The van der Waals surface area contributed by atoms with Crippen molar-refractivity contribution < 1.29 is 29.6 Å². The molecule has 3 rings (SSSR count). The summed E-state index contributed by atoms with van der Waals surface area (Å²) in [6.07, 6.45) is 3.01. The first kappa shape index (κ1) is 49.6. The maximum atomic E-state index is 11.9. The molecule has 0 amide bonds. The maximum absolute atomic E-state index is 11.9. The molecule has 51 heavy (non-hydrogen) atoms. The Morgan fingerprint density at radius 3 is 0.863 bits per heavy atom. The van der Waals surface area contributed by atoms with Gasteiger partial charge in [-0.15, -0.1) is 0 Å². The van der Waals surface area contributed by atoms with E-state index in [-0.39, 0.29) is 70.4 Å². The first-order valence-corrected chi connectivity index (χ1v) is 17.2. The van der Waals surface area contributed by atoms with Crippen LogP contribution in [0.5, 0.6) is 23.0 Å². The molecule has 0 saturated heterocycles. The predicted octanol–water partition coefficient (Wildman–Crippen LogP) is 12.0. The molecule has 3 N–H and O–H groups in total. The lowest BCUT2D eigenvalue weighted by Gasteiger charge is -2.28. The van der Waals surface area contributed by atoms with E-state index < -0.39 is 0 Å². The molecular weight excluding hydrogens is 636 g/mol. The molecule has 2 aromatic rings. The van der Waals surface area contributed by atoms with E-state index in [0.717, 1.165) is 28.0 Å². The second-order valence-corrected chi connectivity index (χ2v) is 19.3. The molecule has 0 bridgehead atoms. The smallest absolute Gasteiger partial charge is 0.182 e. The monoisotopic (exact) mass is 711 g/mol. The average Bonchev–Trinajstić information content (AvgIpc) is 2.87. The van der Waals surface area contributed by atoms with E-state index in [4.69, 9.17) is 4.74 Å². The summed E-state index contributed by atoms with van der Waals surface area (Å²) in [7, 11) is 1.67. The number of phenols is 3. The third kappa shape index (κ3) is 13.5. The highest BCUT2D eigenvalue weighted by molar-refractivity contribution is 6.20. The SMILES string of the molecule is C.C.CC(C)(C)C1=CC(=O)C(C(C)(C)C)=CC1=O.CC(C)(C)c1cc(O)c(C(C)(C)C)cc1O.COc1cc(C(C)(C)C)c(O)cc1C(C)(C)C. The van der Waals surface area contributed by atoms with E-state index in [1.54, 1.807) is 19.2 Å². The molecule has 1 aliphatic carbocycles. The van der Waals surface area contributed by atoms with Gasteiger partial charge < -0.3 is 20.1 Å². The Bertz CT molecular complexity index is 1500. The van der Waals surface area contributed by atoms with Gasteiger partial charge in [0.2, 0.25) is 0 Å². The van der Waals surface area contributed by atoms with Gasteiger partial charge in [0.05, 0.1) is 7.11 Å². The molecule has 6 heteroatoms. The average molecular weight is 711 g/mol. The lowest BCUT2D eigenvalue weighted by atomic mass is 9.75. The van der Waals surface area contributed by atoms with Crippen LogP contribution in [0.15, 0.2) is 47.6 Å². The number of hydrogen-bond donors (Lipinski definition) is 3. The summed E-state index contributed by atoms with van der Waals surface area (Å²) in [6, 6.07) is 7.14. The number of phenolic OH excluding ortho intramolecular Hbond substituents is 3. The standard InChI is InChI=1S/C15H24O2.C14H22O2.C14H20O2.2CH4/c1-14(2,3)10-9-13(17-7)11(8-12(10)16)15(4,5)6;2*1-13(2,3)9-7-12(16)10(8-11(9)15)14(4,5)6;;/h8-9,16H,1-7H3;7-8,15-16H,1-6H3;7-8H,1-6H3;2*1H4. The summed E-state index contributed by atoms with van der Waals surface area (Å²) < 4.78 is 5.45. The van der Waals surface area contributed by atoms with Crippen molar-refractivity contribution >= 4 is 11.6 Å². The summed E-state index contributed by atoms with van der Waals surface area (Å²) >= 11 is 0. The van der Waals surface area contributed by atoms with Crippen LogP contribution in [0.25, 0.3) is 0 Å². The largest absolute Gasteiger partial charge is 0.508 e. The normalized spacial score (nSPS) is 14.0. The molecule has 6 nitrogen and oxygen atoms in total. The van der Waals surface area contributed by atoms with E-state index in [1.165, 1.54) is 12.2 Å². The van der Waals surface area contributed by atoms with Crippen LogP contribution in [0, 0.1) is 10.8 Å². The Hall–Kier alpha value is -3.54. The zero-order valence-corrected chi connectivity index (χ0v) is 34.0. The van der Waals surface area contributed by atoms with Gasteiger partial charge in [-0.05, 0) is 68.9 Å². The molecule has 0 aromatic heterocycles. The molecule has 0 unspecified atom stereocenters. The molecule has 0 atom stereocenters. The van der Waals surface area contributed by atoms with Crippen molar-refractivity contribution in [2.24, 2.45) is 10.8 Å². The van der Waals surface area contributed by atoms with E-state index >= 15 is 0 Å². The summed E-state index contributed by atoms with van der Waals surface area (Å²) in [6.45, 7) is 36.3. The molecule has 0 radical (unpaired) electrons. The zero-order chi connectivity index (χ0) is 38.9. The Labute approximate surface area is 312 Å². The number of benzene rings is 2. The number of ether oxygens (including phenoxy) is 1. The summed E-state index contributed by atoms with van der Waals surface area (Å²) in [5.74, 6) is 1.66. The molecule has 0 fully saturated rings. The lowest BCUT2D eigenvalue weighted by Crippen LogP contribution is -2.27. The van der Waals surface area contributed by atoms with Crippen molar-refractivity contribution in [1.29, 1.82) is 0 Å². The number of aromatic hydroxyl groups is 3. The van der Waals surface area contributed by atoms with Gasteiger partial charge in [-0.1, -0.05) is 139 Å². The first-order chi connectivity index (χ1) is 21.6. The molecule has 0 aliphatic heterocycles. The van der Waals surface area contributed by atoms with Crippen LogP contribution in [0.3, 0.4) is 0 Å². The summed E-state index contributed by atoms with van der Waals surface area (Å²) in [5.41, 5.74) is 3.70. The van der Waals surface area contributed by atoms with Crippen molar-refractivity contribution in [3.8, 4) is 23.0 Å². The van der Waals surface area contributed by atoms with Gasteiger partial charge in [0.25, 0.3) is 0 Å². The number of carbonyl (C=O) groups excluding carboxylic acids is 2. The molecule has 0 spiro atoms. The van der Waals surface area contributed by atoms with Crippen molar-refractivity contribution in [2.45, 2.75) is 161 Å². The van der Waals surface area contributed by atoms with Gasteiger partial charge in [-0.3, -0.25) is 9.59 Å². The van der Waals surface area contributed by atoms with Crippen molar-refractivity contribution in [2.75, 3.05) is 7.11 Å². The number of allylic oxidation sites excluding steroid dienone is 4. The van der Waals surface area contributed by atoms with Gasteiger partial charge in [0.15, 0.2) is 11.6 Å². The third-order valence-electron chi connectivity index (χ3n) is 8.36. The number of carbonyl (C=O) groups is 2. The zero-order valence-electron chi connectivity index (χ0n) is 34.0. The van der Waals surface area contributed by atoms with E-state index in [0.29, 0.717) is 16.9 Å². The number of rotatable bonds is 1. The van der Waals surface area contributed by atoms with E-state index in [9.17, 15) is 24.9 Å². The highest BCUT2D eigenvalue weighted by Gasteiger charge is 2.33. The van der Waals surface area contributed by atoms with Gasteiger partial charge in [-0.2, -0.15) is 0 Å². The van der Waals surface area contributed by atoms with E-state index in [1.807, 2.05) is 95.2 Å². The number of hydrogen-bond acceptors (Lipinski definition) is 6. The van der Waals surface area contributed by atoms with Crippen molar-refractivity contribution in [1.82, 2.24) is 0 Å². The minimum Gasteiger partial charge on any atom is -0.508 e. The van der Waals surface area contributed by atoms with Crippen LogP contribution in [-0.4, -0.2) is 34.0 Å². The first-order valence-electron chi connectivity index (χ1n) is 17.2. The second-order valence-electron chi connectivity index (χ2n) is 19.3. The van der Waals surface area contributed by atoms with Crippen LogP contribution < -0.4 is 4.74 Å². The van der Waals surface area contributed by atoms with Crippen LogP contribution in [0.1, 0.15) is 162 Å². The fourth-order valence-corrected chi connectivity index (χ4v) is 5.43. The van der Waals surface area contributed by atoms with Crippen molar-refractivity contribution in [3.05, 3.63) is 69.8 Å². The third-order valence-corrected chi connectivity index (χ3v) is 8.36. The minimum atomic E-state index is -0.271. The molecule has 0 heterocycles. The lowest BCUT2D eigenvalue weighted by molar-refractivity contribution is -0.116. The predicted molar refractivity (Wildman–Crippen MR) is 218 cm³/mol. The number of ketones is 2. The van der Waals surface area contributed by atoms with Crippen LogP contribution >= 0.6 is 0 Å². The molecule has 2 aromatic carbocycles. The number of methoxy groups -OCH3 is 1. The van der Waals surface area contributed by atoms with Crippen molar-refractivity contribution in [3.63, 3.8) is 0 Å². The topological polar surface area (TPSA) is 104 Å². The Kier molecular flexibility index (Phi) is 16.4.